The van der Waals surface area contributed by atoms with Crippen molar-refractivity contribution < 1.29 is 9.53 Å². The summed E-state index contributed by atoms with van der Waals surface area (Å²) in [4.78, 5) is 13.9. The van der Waals surface area contributed by atoms with Crippen LogP contribution in [0.2, 0.25) is 0 Å². The second kappa shape index (κ2) is 7.25. The van der Waals surface area contributed by atoms with Gasteiger partial charge in [0.2, 0.25) is 0 Å². The van der Waals surface area contributed by atoms with Crippen molar-refractivity contribution in [1.82, 2.24) is 25.7 Å². The molecule has 0 unspecified atom stereocenters. The number of aromatic amines is 1. The Balaban J connectivity index is 1.59. The van der Waals surface area contributed by atoms with Crippen molar-refractivity contribution in [3.05, 3.63) is 18.0 Å². The van der Waals surface area contributed by atoms with E-state index in [-0.39, 0.29) is 18.2 Å². The molecule has 2 amide bonds. The third-order valence-corrected chi connectivity index (χ3v) is 3.21. The van der Waals surface area contributed by atoms with Gasteiger partial charge in [-0.25, -0.2) is 4.79 Å². The molecule has 2 heterocycles. The zero-order valence-corrected chi connectivity index (χ0v) is 12.1. The molecule has 0 aliphatic carbocycles. The fourth-order valence-corrected chi connectivity index (χ4v) is 2.42. The van der Waals surface area contributed by atoms with Crippen LogP contribution in [0.1, 0.15) is 19.5 Å². The fraction of sp³-hybridized carbons (Fsp3) is 0.692. The average molecular weight is 281 g/mol. The molecule has 1 saturated heterocycles. The van der Waals surface area contributed by atoms with Crippen LogP contribution in [0.25, 0.3) is 0 Å². The number of amides is 2. The summed E-state index contributed by atoms with van der Waals surface area (Å²) in [5.41, 5.74) is 0.885. The Kier molecular flexibility index (Phi) is 5.37. The van der Waals surface area contributed by atoms with E-state index in [9.17, 15) is 4.79 Å². The molecular formula is C13H23N5O2. The topological polar surface area (TPSA) is 82.3 Å². The molecule has 112 valence electrons. The lowest BCUT2D eigenvalue weighted by Gasteiger charge is -2.35. The van der Waals surface area contributed by atoms with Crippen molar-refractivity contribution in [2.45, 2.75) is 32.6 Å². The van der Waals surface area contributed by atoms with Crippen LogP contribution < -0.4 is 10.6 Å². The number of rotatable bonds is 5. The lowest BCUT2D eigenvalue weighted by atomic mass is 10.2. The van der Waals surface area contributed by atoms with Crippen LogP contribution in [0.3, 0.4) is 0 Å². The van der Waals surface area contributed by atoms with Crippen LogP contribution in [0.4, 0.5) is 4.79 Å². The number of hydrogen-bond acceptors (Lipinski definition) is 4. The quantitative estimate of drug-likeness (QED) is 0.726. The first-order valence-electron chi connectivity index (χ1n) is 7.01. The molecule has 0 radical (unpaired) electrons. The SMILES string of the molecule is C[C@@H]1CN(CCNC(=O)NCc2ccn[nH]2)C[C@@H](C)O1. The molecule has 0 spiro atoms. The molecule has 0 bridgehead atoms. The van der Waals surface area contributed by atoms with Gasteiger partial charge in [0.1, 0.15) is 0 Å². The lowest BCUT2D eigenvalue weighted by molar-refractivity contribution is -0.0672. The monoisotopic (exact) mass is 281 g/mol. The van der Waals surface area contributed by atoms with E-state index in [0.717, 1.165) is 25.3 Å². The molecule has 1 aromatic heterocycles. The standard InChI is InChI=1S/C13H23N5O2/c1-10-8-18(9-11(2)20-10)6-5-14-13(19)15-7-12-3-4-16-17-12/h3-4,10-11H,5-9H2,1-2H3,(H,16,17)(H2,14,15,19)/t10-,11-/m1/s1. The Morgan fingerprint density at radius 1 is 1.45 bits per heavy atom. The van der Waals surface area contributed by atoms with Crippen LogP contribution in [-0.4, -0.2) is 59.5 Å². The molecule has 20 heavy (non-hydrogen) atoms. The number of ether oxygens (including phenoxy) is 1. The van der Waals surface area contributed by atoms with E-state index < -0.39 is 0 Å². The molecule has 7 heteroatoms. The first kappa shape index (κ1) is 14.8. The summed E-state index contributed by atoms with van der Waals surface area (Å²) in [5.74, 6) is 0. The van der Waals surface area contributed by atoms with E-state index in [2.05, 4.69) is 39.6 Å². The number of nitrogens with zero attached hydrogens (tertiary/aromatic N) is 2. The number of aromatic nitrogens is 2. The summed E-state index contributed by atoms with van der Waals surface area (Å²) in [6.45, 7) is 7.92. The van der Waals surface area contributed by atoms with Crippen molar-refractivity contribution in [1.29, 1.82) is 0 Å². The minimum Gasteiger partial charge on any atom is -0.373 e. The minimum atomic E-state index is -0.158. The van der Waals surface area contributed by atoms with Gasteiger partial charge < -0.3 is 15.4 Å². The van der Waals surface area contributed by atoms with E-state index in [1.807, 2.05) is 6.07 Å². The van der Waals surface area contributed by atoms with E-state index in [1.165, 1.54) is 0 Å². The third kappa shape index (κ3) is 4.82. The average Bonchev–Trinajstić information content (AvgIpc) is 2.88. The number of urea groups is 1. The summed E-state index contributed by atoms with van der Waals surface area (Å²) in [7, 11) is 0. The molecule has 3 N–H and O–H groups in total. The van der Waals surface area contributed by atoms with E-state index in [4.69, 9.17) is 4.74 Å². The maximum absolute atomic E-state index is 11.6. The Bertz CT molecular complexity index is 399. The summed E-state index contributed by atoms with van der Waals surface area (Å²) < 4.78 is 5.67. The Labute approximate surface area is 119 Å². The molecule has 1 aromatic rings. The van der Waals surface area contributed by atoms with Gasteiger partial charge in [0, 0.05) is 32.4 Å². The highest BCUT2D eigenvalue weighted by atomic mass is 16.5. The van der Waals surface area contributed by atoms with Gasteiger partial charge in [-0.1, -0.05) is 0 Å². The zero-order valence-electron chi connectivity index (χ0n) is 12.1. The van der Waals surface area contributed by atoms with Crippen molar-refractivity contribution in [2.75, 3.05) is 26.2 Å². The molecule has 0 aromatic carbocycles. The summed E-state index contributed by atoms with van der Waals surface area (Å²) in [6.07, 6.45) is 2.18. The number of morpholine rings is 1. The highest BCUT2D eigenvalue weighted by Gasteiger charge is 2.21. The lowest BCUT2D eigenvalue weighted by Crippen LogP contribution is -2.48. The molecule has 1 aliphatic rings. The predicted octanol–water partition coefficient (Wildman–Crippen LogP) is 0.318. The van der Waals surface area contributed by atoms with Crippen LogP contribution in [0.15, 0.2) is 12.3 Å². The van der Waals surface area contributed by atoms with Crippen LogP contribution in [0.5, 0.6) is 0 Å². The first-order valence-corrected chi connectivity index (χ1v) is 7.01. The number of nitrogens with one attached hydrogen (secondary N) is 3. The largest absolute Gasteiger partial charge is 0.373 e. The van der Waals surface area contributed by atoms with Gasteiger partial charge in [-0.05, 0) is 19.9 Å². The van der Waals surface area contributed by atoms with Crippen LogP contribution >= 0.6 is 0 Å². The summed E-state index contributed by atoms with van der Waals surface area (Å²) in [5, 5.41) is 12.2. The number of hydrogen-bond donors (Lipinski definition) is 3. The predicted molar refractivity (Wildman–Crippen MR) is 75.3 cm³/mol. The Morgan fingerprint density at radius 2 is 2.20 bits per heavy atom. The van der Waals surface area contributed by atoms with Crippen LogP contribution in [0, 0.1) is 0 Å². The van der Waals surface area contributed by atoms with Crippen LogP contribution in [-0.2, 0) is 11.3 Å². The van der Waals surface area contributed by atoms with Gasteiger partial charge in [-0.15, -0.1) is 0 Å². The zero-order chi connectivity index (χ0) is 14.4. The summed E-state index contributed by atoms with van der Waals surface area (Å²) >= 11 is 0. The number of carbonyl (C=O) groups is 1. The summed E-state index contributed by atoms with van der Waals surface area (Å²) in [6, 6.07) is 1.67. The maximum atomic E-state index is 11.6. The number of carbonyl (C=O) groups excluding carboxylic acids is 1. The molecule has 2 rings (SSSR count). The van der Waals surface area contributed by atoms with Gasteiger partial charge in [0.05, 0.1) is 24.4 Å². The second-order valence-corrected chi connectivity index (χ2v) is 5.21. The Hall–Kier alpha value is -1.60. The molecule has 0 saturated carbocycles. The van der Waals surface area contributed by atoms with Gasteiger partial charge in [0.15, 0.2) is 0 Å². The maximum Gasteiger partial charge on any atom is 0.315 e. The van der Waals surface area contributed by atoms with Gasteiger partial charge >= 0.3 is 6.03 Å². The Morgan fingerprint density at radius 3 is 2.85 bits per heavy atom. The van der Waals surface area contributed by atoms with E-state index >= 15 is 0 Å². The molecule has 1 aliphatic heterocycles. The normalized spacial score (nSPS) is 23.5. The van der Waals surface area contributed by atoms with Crippen molar-refractivity contribution in [3.8, 4) is 0 Å². The van der Waals surface area contributed by atoms with E-state index in [1.54, 1.807) is 6.20 Å². The minimum absolute atomic E-state index is 0.158. The molecule has 1 fully saturated rings. The molecule has 2 atom stereocenters. The molecule has 7 nitrogen and oxygen atoms in total. The van der Waals surface area contributed by atoms with Crippen molar-refractivity contribution in [2.24, 2.45) is 0 Å². The number of H-pyrrole nitrogens is 1. The molecular weight excluding hydrogens is 258 g/mol. The van der Waals surface area contributed by atoms with Crippen molar-refractivity contribution in [3.63, 3.8) is 0 Å². The van der Waals surface area contributed by atoms with Crippen molar-refractivity contribution >= 4 is 6.03 Å². The second-order valence-electron chi connectivity index (χ2n) is 5.21. The van der Waals surface area contributed by atoms with E-state index in [0.29, 0.717) is 13.1 Å². The third-order valence-electron chi connectivity index (χ3n) is 3.21. The highest BCUT2D eigenvalue weighted by molar-refractivity contribution is 5.73. The fourth-order valence-electron chi connectivity index (χ4n) is 2.42. The van der Waals surface area contributed by atoms with Gasteiger partial charge in [-0.3, -0.25) is 10.00 Å². The van der Waals surface area contributed by atoms with Gasteiger partial charge in [0.25, 0.3) is 0 Å². The highest BCUT2D eigenvalue weighted by Crippen LogP contribution is 2.09. The van der Waals surface area contributed by atoms with Gasteiger partial charge in [-0.2, -0.15) is 5.10 Å². The first-order chi connectivity index (χ1) is 9.63. The smallest absolute Gasteiger partial charge is 0.315 e.